The van der Waals surface area contributed by atoms with E-state index in [-0.39, 0.29) is 12.5 Å². The summed E-state index contributed by atoms with van der Waals surface area (Å²) in [6.07, 6.45) is 0. The number of ether oxygens (including phenoxy) is 2. The van der Waals surface area contributed by atoms with Gasteiger partial charge < -0.3 is 14.8 Å². The highest BCUT2D eigenvalue weighted by atomic mass is 16.5. The van der Waals surface area contributed by atoms with Gasteiger partial charge in [0.1, 0.15) is 18.1 Å². The van der Waals surface area contributed by atoms with Crippen molar-refractivity contribution in [1.29, 1.82) is 0 Å². The van der Waals surface area contributed by atoms with Crippen molar-refractivity contribution >= 4 is 5.91 Å². The van der Waals surface area contributed by atoms with Gasteiger partial charge in [-0.1, -0.05) is 18.2 Å². The molecule has 0 aliphatic carbocycles. The molecule has 0 saturated carbocycles. The van der Waals surface area contributed by atoms with Gasteiger partial charge in [-0.3, -0.25) is 4.79 Å². The molecule has 0 fully saturated rings. The number of hydrogen-bond acceptors (Lipinski definition) is 3. The number of carbonyl (C=O) groups is 1. The number of carbonyl (C=O) groups excluding carboxylic acids is 1. The summed E-state index contributed by atoms with van der Waals surface area (Å²) in [5.74, 6) is 1.37. The highest BCUT2D eigenvalue weighted by Gasteiger charge is 2.03. The molecule has 23 heavy (non-hydrogen) atoms. The van der Waals surface area contributed by atoms with Crippen LogP contribution in [0.25, 0.3) is 0 Å². The first-order valence-electron chi connectivity index (χ1n) is 7.70. The Balaban J connectivity index is 1.66. The Morgan fingerprint density at radius 2 is 1.61 bits per heavy atom. The minimum absolute atomic E-state index is 0.00695. The largest absolute Gasteiger partial charge is 0.492 e. The second-order valence-corrected chi connectivity index (χ2v) is 5.63. The van der Waals surface area contributed by atoms with Crippen LogP contribution in [0.15, 0.2) is 42.5 Å². The molecule has 0 aliphatic rings. The van der Waals surface area contributed by atoms with E-state index >= 15 is 0 Å². The monoisotopic (exact) mass is 313 g/mol. The lowest BCUT2D eigenvalue weighted by Gasteiger charge is -2.10. The molecule has 0 saturated heterocycles. The zero-order valence-electron chi connectivity index (χ0n) is 13.9. The summed E-state index contributed by atoms with van der Waals surface area (Å²) < 4.78 is 11.1. The second-order valence-electron chi connectivity index (χ2n) is 5.63. The predicted octanol–water partition coefficient (Wildman–Crippen LogP) is 3.19. The number of nitrogens with one attached hydrogen (secondary N) is 1. The van der Waals surface area contributed by atoms with Crippen molar-refractivity contribution in [2.75, 3.05) is 19.8 Å². The lowest BCUT2D eigenvalue weighted by atomic mass is 10.1. The molecule has 1 amide bonds. The summed E-state index contributed by atoms with van der Waals surface area (Å²) in [5, 5.41) is 2.78. The van der Waals surface area contributed by atoms with E-state index in [4.69, 9.17) is 9.47 Å². The van der Waals surface area contributed by atoms with Crippen molar-refractivity contribution in [1.82, 2.24) is 5.32 Å². The van der Waals surface area contributed by atoms with Crippen LogP contribution in [0.2, 0.25) is 0 Å². The van der Waals surface area contributed by atoms with E-state index in [2.05, 4.69) is 11.4 Å². The molecule has 0 atom stereocenters. The molecular weight excluding hydrogens is 290 g/mol. The first kappa shape index (κ1) is 16.9. The maximum Gasteiger partial charge on any atom is 0.258 e. The Labute approximate surface area is 137 Å². The Morgan fingerprint density at radius 3 is 2.30 bits per heavy atom. The SMILES string of the molecule is Cc1cc(C)cc(OCCNC(=O)COc2cccc(C)c2)c1. The first-order valence-corrected chi connectivity index (χ1v) is 7.70. The molecule has 1 N–H and O–H groups in total. The molecule has 2 aromatic carbocycles. The molecule has 0 heterocycles. The summed E-state index contributed by atoms with van der Waals surface area (Å²) in [6.45, 7) is 6.93. The molecule has 122 valence electrons. The molecule has 0 spiro atoms. The van der Waals surface area contributed by atoms with Gasteiger partial charge in [-0.2, -0.15) is 0 Å². The molecule has 0 unspecified atom stereocenters. The van der Waals surface area contributed by atoms with Gasteiger partial charge in [-0.25, -0.2) is 0 Å². The van der Waals surface area contributed by atoms with Crippen LogP contribution in [0, 0.1) is 20.8 Å². The van der Waals surface area contributed by atoms with E-state index in [0.29, 0.717) is 18.9 Å². The minimum atomic E-state index is -0.157. The highest BCUT2D eigenvalue weighted by Crippen LogP contribution is 2.15. The predicted molar refractivity (Wildman–Crippen MR) is 91.1 cm³/mol. The zero-order valence-corrected chi connectivity index (χ0v) is 13.9. The average Bonchev–Trinajstić information content (AvgIpc) is 2.49. The van der Waals surface area contributed by atoms with Crippen LogP contribution < -0.4 is 14.8 Å². The highest BCUT2D eigenvalue weighted by molar-refractivity contribution is 5.77. The van der Waals surface area contributed by atoms with Gasteiger partial charge in [0, 0.05) is 0 Å². The third-order valence-electron chi connectivity index (χ3n) is 3.25. The van der Waals surface area contributed by atoms with Gasteiger partial charge >= 0.3 is 0 Å². The van der Waals surface area contributed by atoms with Crippen LogP contribution in [-0.4, -0.2) is 25.7 Å². The van der Waals surface area contributed by atoms with Gasteiger partial charge in [0.2, 0.25) is 0 Å². The van der Waals surface area contributed by atoms with Gasteiger partial charge in [0.25, 0.3) is 5.91 Å². The standard InChI is InChI=1S/C19H23NO3/c1-14-5-4-6-17(10-14)23-13-19(21)20-7-8-22-18-11-15(2)9-16(3)12-18/h4-6,9-12H,7-8,13H2,1-3H3,(H,20,21). The summed E-state index contributed by atoms with van der Waals surface area (Å²) >= 11 is 0. The third kappa shape index (κ3) is 6.02. The van der Waals surface area contributed by atoms with Crippen molar-refractivity contribution in [3.63, 3.8) is 0 Å². The lowest BCUT2D eigenvalue weighted by molar-refractivity contribution is -0.123. The van der Waals surface area contributed by atoms with Gasteiger partial charge in [0.05, 0.1) is 6.54 Å². The molecule has 2 rings (SSSR count). The maximum absolute atomic E-state index is 11.7. The van der Waals surface area contributed by atoms with Crippen LogP contribution in [0.1, 0.15) is 16.7 Å². The van der Waals surface area contributed by atoms with Crippen LogP contribution >= 0.6 is 0 Å². The van der Waals surface area contributed by atoms with Gasteiger partial charge in [0.15, 0.2) is 6.61 Å². The molecular formula is C19H23NO3. The van der Waals surface area contributed by atoms with E-state index in [0.717, 1.165) is 22.4 Å². The zero-order chi connectivity index (χ0) is 16.7. The number of benzene rings is 2. The molecule has 2 aromatic rings. The van der Waals surface area contributed by atoms with E-state index < -0.39 is 0 Å². The minimum Gasteiger partial charge on any atom is -0.492 e. The van der Waals surface area contributed by atoms with Crippen molar-refractivity contribution in [2.45, 2.75) is 20.8 Å². The summed E-state index contributed by atoms with van der Waals surface area (Å²) in [5.41, 5.74) is 3.43. The number of aryl methyl sites for hydroxylation is 3. The topological polar surface area (TPSA) is 47.6 Å². The number of hydrogen-bond donors (Lipinski definition) is 1. The fourth-order valence-electron chi connectivity index (χ4n) is 2.28. The van der Waals surface area contributed by atoms with Crippen molar-refractivity contribution < 1.29 is 14.3 Å². The van der Waals surface area contributed by atoms with Gasteiger partial charge in [-0.05, 0) is 61.7 Å². The summed E-state index contributed by atoms with van der Waals surface area (Å²) in [6, 6.07) is 13.7. The number of rotatable bonds is 7. The van der Waals surface area contributed by atoms with E-state index in [1.165, 1.54) is 0 Å². The molecule has 0 radical (unpaired) electrons. The lowest BCUT2D eigenvalue weighted by Crippen LogP contribution is -2.32. The molecule has 0 bridgehead atoms. The Bertz CT molecular complexity index is 647. The normalized spacial score (nSPS) is 10.2. The fourth-order valence-corrected chi connectivity index (χ4v) is 2.28. The average molecular weight is 313 g/mol. The molecule has 0 aromatic heterocycles. The number of amides is 1. The Hall–Kier alpha value is -2.49. The van der Waals surface area contributed by atoms with Crippen LogP contribution in [-0.2, 0) is 4.79 Å². The van der Waals surface area contributed by atoms with Crippen molar-refractivity contribution in [3.8, 4) is 11.5 Å². The first-order chi connectivity index (χ1) is 11.0. The third-order valence-corrected chi connectivity index (χ3v) is 3.25. The van der Waals surface area contributed by atoms with Crippen LogP contribution in [0.4, 0.5) is 0 Å². The van der Waals surface area contributed by atoms with Gasteiger partial charge in [-0.15, -0.1) is 0 Å². The Kier molecular flexibility index (Phi) is 6.03. The van der Waals surface area contributed by atoms with E-state index in [9.17, 15) is 4.79 Å². The maximum atomic E-state index is 11.7. The molecule has 4 nitrogen and oxygen atoms in total. The van der Waals surface area contributed by atoms with Crippen LogP contribution in [0.3, 0.4) is 0 Å². The van der Waals surface area contributed by atoms with E-state index in [1.54, 1.807) is 0 Å². The molecule has 0 aliphatic heterocycles. The fraction of sp³-hybridized carbons (Fsp3) is 0.316. The van der Waals surface area contributed by atoms with E-state index in [1.807, 2.05) is 57.2 Å². The van der Waals surface area contributed by atoms with Crippen molar-refractivity contribution in [2.24, 2.45) is 0 Å². The quantitative estimate of drug-likeness (QED) is 0.799. The molecule has 4 heteroatoms. The Morgan fingerprint density at radius 1 is 0.913 bits per heavy atom. The summed E-state index contributed by atoms with van der Waals surface area (Å²) in [7, 11) is 0. The van der Waals surface area contributed by atoms with Crippen LogP contribution in [0.5, 0.6) is 11.5 Å². The van der Waals surface area contributed by atoms with Crippen molar-refractivity contribution in [3.05, 3.63) is 59.2 Å². The smallest absolute Gasteiger partial charge is 0.258 e. The summed E-state index contributed by atoms with van der Waals surface area (Å²) in [4.78, 5) is 11.7. The second kappa shape index (κ2) is 8.22.